The monoisotopic (exact) mass is 443 g/mol. The summed E-state index contributed by atoms with van der Waals surface area (Å²) in [5, 5.41) is 6.15. The maximum Gasteiger partial charge on any atom is 0.139 e. The fraction of sp³-hybridized carbons (Fsp3) is 0.269. The molecule has 0 unspecified atom stereocenters. The van der Waals surface area contributed by atoms with E-state index >= 15 is 0 Å². The van der Waals surface area contributed by atoms with Gasteiger partial charge < -0.3 is 20.1 Å². The number of aromatic nitrogens is 2. The second-order valence-corrected chi connectivity index (χ2v) is 10.9. The summed E-state index contributed by atoms with van der Waals surface area (Å²) in [6.45, 7) is 8.98. The topological polar surface area (TPSA) is 47.2 Å². The molecule has 2 aromatic carbocycles. The summed E-state index contributed by atoms with van der Waals surface area (Å²) in [5.41, 5.74) is 6.73. The number of hydrogen-bond donors (Lipinski definition) is 2. The maximum absolute atomic E-state index is 4.58. The summed E-state index contributed by atoms with van der Waals surface area (Å²) in [4.78, 5) is 12.9. The van der Waals surface area contributed by atoms with Crippen molar-refractivity contribution in [2.75, 3.05) is 56.8 Å². The second-order valence-electron chi connectivity index (χ2n) is 8.68. The molecule has 4 aromatic rings. The van der Waals surface area contributed by atoms with Crippen molar-refractivity contribution in [2.24, 2.45) is 0 Å². The lowest BCUT2D eigenvalue weighted by Gasteiger charge is -2.34. The summed E-state index contributed by atoms with van der Waals surface area (Å²) in [6.07, 6.45) is 1.87. The van der Waals surface area contributed by atoms with E-state index in [1.165, 1.54) is 22.2 Å². The molecule has 3 heterocycles. The third-order valence-corrected chi connectivity index (χ3v) is 7.59. The first-order valence-corrected chi connectivity index (χ1v) is 13.4. The molecular weight excluding hydrogens is 413 g/mol. The van der Waals surface area contributed by atoms with Crippen molar-refractivity contribution in [1.29, 1.82) is 0 Å². The molecule has 1 fully saturated rings. The zero-order valence-corrected chi connectivity index (χ0v) is 19.9. The Labute approximate surface area is 191 Å². The Balaban J connectivity index is 1.42. The van der Waals surface area contributed by atoms with Crippen molar-refractivity contribution in [3.05, 3.63) is 66.9 Å². The largest absolute Gasteiger partial charge is 0.369 e. The zero-order valence-electron chi connectivity index (χ0n) is 19.0. The van der Waals surface area contributed by atoms with E-state index in [4.69, 9.17) is 0 Å². The van der Waals surface area contributed by atoms with Crippen LogP contribution in [0.15, 0.2) is 66.9 Å². The van der Waals surface area contributed by atoms with E-state index in [2.05, 4.69) is 106 Å². The molecule has 1 aliphatic heterocycles. The number of aromatic amines is 1. The van der Waals surface area contributed by atoms with Gasteiger partial charge in [0.15, 0.2) is 0 Å². The lowest BCUT2D eigenvalue weighted by atomic mass is 10.1. The number of hydrogen-bond acceptors (Lipinski definition) is 4. The number of likely N-dealkylation sites (N-methyl/N-ethyl adjacent to an activating group) is 1. The lowest BCUT2D eigenvalue weighted by Crippen LogP contribution is -2.44. The third kappa shape index (κ3) is 4.23. The predicted octanol–water partition coefficient (Wildman–Crippen LogP) is 5.09. The minimum absolute atomic E-state index is 0.191. The smallest absolute Gasteiger partial charge is 0.139 e. The SMILES string of the molecule is CN1CCN(c2ccc(-c3cc4c(Nc5ccccc5P(C)C)ccnc4[nH]3)cc2)CC1. The fourth-order valence-electron chi connectivity index (χ4n) is 4.32. The van der Waals surface area contributed by atoms with Crippen LogP contribution in [0.25, 0.3) is 22.3 Å². The van der Waals surface area contributed by atoms with Gasteiger partial charge in [0, 0.05) is 54.8 Å². The van der Waals surface area contributed by atoms with Crippen molar-refractivity contribution in [1.82, 2.24) is 14.9 Å². The molecule has 2 aromatic heterocycles. The van der Waals surface area contributed by atoms with E-state index in [-0.39, 0.29) is 7.92 Å². The Morgan fingerprint density at radius 1 is 0.906 bits per heavy atom. The van der Waals surface area contributed by atoms with Crippen LogP contribution in [0.5, 0.6) is 0 Å². The van der Waals surface area contributed by atoms with Gasteiger partial charge >= 0.3 is 0 Å². The van der Waals surface area contributed by atoms with E-state index in [1.54, 1.807) is 0 Å². The van der Waals surface area contributed by atoms with Crippen LogP contribution in [0.1, 0.15) is 0 Å². The highest BCUT2D eigenvalue weighted by atomic mass is 31.1. The molecular formula is C26H30N5P. The first-order valence-electron chi connectivity index (χ1n) is 11.1. The molecule has 0 aliphatic carbocycles. The first-order chi connectivity index (χ1) is 15.6. The van der Waals surface area contributed by atoms with Gasteiger partial charge in [-0.1, -0.05) is 38.3 Å². The van der Waals surface area contributed by atoms with Crippen LogP contribution in [0, 0.1) is 0 Å². The molecule has 1 aliphatic rings. The van der Waals surface area contributed by atoms with Gasteiger partial charge in [-0.3, -0.25) is 0 Å². The van der Waals surface area contributed by atoms with Gasteiger partial charge in [0.1, 0.15) is 5.65 Å². The van der Waals surface area contributed by atoms with Gasteiger partial charge in [0.25, 0.3) is 0 Å². The number of nitrogens with zero attached hydrogens (tertiary/aromatic N) is 3. The molecule has 5 nitrogen and oxygen atoms in total. The predicted molar refractivity (Wildman–Crippen MR) is 139 cm³/mol. The zero-order chi connectivity index (χ0) is 22.1. The minimum atomic E-state index is -0.191. The number of fused-ring (bicyclic) bond motifs is 1. The van der Waals surface area contributed by atoms with Crippen molar-refractivity contribution in [3.63, 3.8) is 0 Å². The van der Waals surface area contributed by atoms with Crippen LogP contribution in [-0.2, 0) is 0 Å². The van der Waals surface area contributed by atoms with Gasteiger partial charge in [-0.25, -0.2) is 4.98 Å². The van der Waals surface area contributed by atoms with Crippen molar-refractivity contribution < 1.29 is 0 Å². The highest BCUT2D eigenvalue weighted by Gasteiger charge is 2.15. The molecule has 0 amide bonds. The molecule has 6 heteroatoms. The molecule has 5 rings (SSSR count). The van der Waals surface area contributed by atoms with Crippen LogP contribution >= 0.6 is 7.92 Å². The number of benzene rings is 2. The molecule has 0 saturated carbocycles. The van der Waals surface area contributed by atoms with E-state index in [0.717, 1.165) is 48.6 Å². The highest BCUT2D eigenvalue weighted by Crippen LogP contribution is 2.33. The molecule has 164 valence electrons. The summed E-state index contributed by atoms with van der Waals surface area (Å²) in [6, 6.07) is 21.7. The van der Waals surface area contributed by atoms with Crippen LogP contribution < -0.4 is 15.5 Å². The standard InChI is InChI=1S/C26H30N5P/c1-30-14-16-31(17-15-30)20-10-8-19(9-11-20)24-18-21-22(12-13-27-26(21)29-24)28-23-6-4-5-7-25(23)32(2)3/h4-13,18H,14-17H2,1-3H3,(H2,27,28,29). The Hall–Kier alpha value is -2.88. The normalized spacial score (nSPS) is 14.9. The Morgan fingerprint density at radius 2 is 1.66 bits per heavy atom. The number of H-pyrrole nitrogens is 1. The van der Waals surface area contributed by atoms with Crippen LogP contribution in [0.3, 0.4) is 0 Å². The van der Waals surface area contributed by atoms with Crippen molar-refractivity contribution >= 4 is 41.3 Å². The first kappa shape index (κ1) is 21.0. The summed E-state index contributed by atoms with van der Waals surface area (Å²) in [5.74, 6) is 0. The van der Waals surface area contributed by atoms with Crippen molar-refractivity contribution in [2.45, 2.75) is 0 Å². The molecule has 0 bridgehead atoms. The number of piperazine rings is 1. The molecule has 0 spiro atoms. The van der Waals surface area contributed by atoms with Gasteiger partial charge in [-0.05, 0) is 61.6 Å². The quantitative estimate of drug-likeness (QED) is 0.422. The molecule has 32 heavy (non-hydrogen) atoms. The third-order valence-electron chi connectivity index (χ3n) is 6.23. The van der Waals surface area contributed by atoms with Gasteiger partial charge in [-0.15, -0.1) is 0 Å². The molecule has 1 saturated heterocycles. The highest BCUT2D eigenvalue weighted by molar-refractivity contribution is 7.64. The Bertz CT molecular complexity index is 1210. The second kappa shape index (κ2) is 8.93. The average Bonchev–Trinajstić information content (AvgIpc) is 3.25. The van der Waals surface area contributed by atoms with Crippen LogP contribution in [0.4, 0.5) is 17.1 Å². The van der Waals surface area contributed by atoms with Gasteiger partial charge in [0.05, 0.1) is 5.69 Å². The number of pyridine rings is 1. The van der Waals surface area contributed by atoms with E-state index in [9.17, 15) is 0 Å². The van der Waals surface area contributed by atoms with E-state index < -0.39 is 0 Å². The summed E-state index contributed by atoms with van der Waals surface area (Å²) < 4.78 is 0. The average molecular weight is 444 g/mol. The molecule has 0 atom stereocenters. The maximum atomic E-state index is 4.58. The fourth-order valence-corrected chi connectivity index (χ4v) is 5.32. The van der Waals surface area contributed by atoms with Gasteiger partial charge in [-0.2, -0.15) is 0 Å². The van der Waals surface area contributed by atoms with E-state index in [1.807, 2.05) is 6.20 Å². The van der Waals surface area contributed by atoms with Gasteiger partial charge in [0.2, 0.25) is 0 Å². The number of anilines is 3. The Kier molecular flexibility index (Phi) is 5.86. The van der Waals surface area contributed by atoms with Crippen molar-refractivity contribution in [3.8, 4) is 11.3 Å². The number of nitrogens with one attached hydrogen (secondary N) is 2. The summed E-state index contributed by atoms with van der Waals surface area (Å²) in [7, 11) is 2.00. The molecule has 0 radical (unpaired) electrons. The minimum Gasteiger partial charge on any atom is -0.369 e. The van der Waals surface area contributed by atoms with Crippen LogP contribution in [-0.4, -0.2) is 61.4 Å². The molecule has 2 N–H and O–H groups in total. The number of para-hydroxylation sites is 1. The lowest BCUT2D eigenvalue weighted by molar-refractivity contribution is 0.313. The Morgan fingerprint density at radius 3 is 2.41 bits per heavy atom. The van der Waals surface area contributed by atoms with Crippen LogP contribution in [0.2, 0.25) is 0 Å². The summed E-state index contributed by atoms with van der Waals surface area (Å²) >= 11 is 0. The van der Waals surface area contributed by atoms with E-state index in [0.29, 0.717) is 0 Å². The number of rotatable bonds is 5.